The lowest BCUT2D eigenvalue weighted by Crippen LogP contribution is -2.22. The molecule has 0 bridgehead atoms. The van der Waals surface area contributed by atoms with E-state index in [1.807, 2.05) is 24.4 Å². The number of hydrogen-bond acceptors (Lipinski definition) is 2. The predicted molar refractivity (Wildman–Crippen MR) is 70.1 cm³/mol. The minimum Gasteiger partial charge on any atom is -0.410 e. The van der Waals surface area contributed by atoms with Crippen LogP contribution in [-0.2, 0) is 0 Å². The summed E-state index contributed by atoms with van der Waals surface area (Å²) in [5.74, 6) is 0. The average molecular weight is 239 g/mol. The molecule has 0 spiro atoms. The van der Waals surface area contributed by atoms with E-state index in [4.69, 9.17) is 17.1 Å². The van der Waals surface area contributed by atoms with Crippen molar-refractivity contribution < 1.29 is 4.84 Å². The van der Waals surface area contributed by atoms with E-state index in [0.717, 1.165) is 11.1 Å². The topological polar surface area (TPSA) is 14.2 Å². The summed E-state index contributed by atoms with van der Waals surface area (Å²) >= 11 is 5.16. The third kappa shape index (κ3) is 4.79. The van der Waals surface area contributed by atoms with Gasteiger partial charge in [0.25, 0.3) is 0 Å². The van der Waals surface area contributed by atoms with Crippen LogP contribution in [0.4, 0.5) is 0 Å². The standard InChI is InChI=1S/C13H21NOS/c1-3-4-5-6-9-12(2)15-14-11-8-7-10-13(14)16/h7-8,10-12H,3-6,9H2,1-2H3/t12-/m1/s1. The van der Waals surface area contributed by atoms with E-state index in [0.29, 0.717) is 0 Å². The summed E-state index contributed by atoms with van der Waals surface area (Å²) in [4.78, 5) is 5.74. The Morgan fingerprint density at radius 2 is 2.12 bits per heavy atom. The van der Waals surface area contributed by atoms with Gasteiger partial charge in [-0.15, -0.1) is 0 Å². The van der Waals surface area contributed by atoms with Gasteiger partial charge in [0.1, 0.15) is 10.7 Å². The molecule has 0 aromatic carbocycles. The van der Waals surface area contributed by atoms with Gasteiger partial charge in [-0.25, -0.2) is 0 Å². The zero-order valence-corrected chi connectivity index (χ0v) is 11.0. The second kappa shape index (κ2) is 7.44. The summed E-state index contributed by atoms with van der Waals surface area (Å²) in [6.07, 6.45) is 8.31. The maximum atomic E-state index is 5.74. The van der Waals surface area contributed by atoms with Crippen LogP contribution >= 0.6 is 12.2 Å². The molecule has 0 radical (unpaired) electrons. The smallest absolute Gasteiger partial charge is 0.142 e. The summed E-state index contributed by atoms with van der Waals surface area (Å²) in [7, 11) is 0. The van der Waals surface area contributed by atoms with Crippen LogP contribution in [0.15, 0.2) is 24.4 Å². The first-order valence-corrected chi connectivity index (χ1v) is 6.49. The van der Waals surface area contributed by atoms with Gasteiger partial charge in [-0.2, -0.15) is 4.73 Å². The fourth-order valence-corrected chi connectivity index (χ4v) is 1.79. The lowest BCUT2D eigenvalue weighted by Gasteiger charge is -2.16. The molecular formula is C13H21NOS. The van der Waals surface area contributed by atoms with Gasteiger partial charge in [-0.05, 0) is 31.9 Å². The summed E-state index contributed by atoms with van der Waals surface area (Å²) in [6, 6.07) is 5.73. The van der Waals surface area contributed by atoms with Crippen LogP contribution in [0.25, 0.3) is 0 Å². The molecule has 90 valence electrons. The van der Waals surface area contributed by atoms with Crippen LogP contribution < -0.4 is 4.84 Å². The maximum absolute atomic E-state index is 5.74. The molecule has 2 nitrogen and oxygen atoms in total. The van der Waals surface area contributed by atoms with Crippen molar-refractivity contribution in [1.29, 1.82) is 0 Å². The number of nitrogens with zero attached hydrogens (tertiary/aromatic N) is 1. The molecule has 0 saturated heterocycles. The van der Waals surface area contributed by atoms with Gasteiger partial charge in [0, 0.05) is 6.20 Å². The molecule has 0 N–H and O–H groups in total. The monoisotopic (exact) mass is 239 g/mol. The van der Waals surface area contributed by atoms with E-state index in [-0.39, 0.29) is 6.10 Å². The Morgan fingerprint density at radius 1 is 1.31 bits per heavy atom. The number of aromatic nitrogens is 1. The van der Waals surface area contributed by atoms with E-state index in [9.17, 15) is 0 Å². The van der Waals surface area contributed by atoms with E-state index in [1.165, 1.54) is 25.7 Å². The lowest BCUT2D eigenvalue weighted by molar-refractivity contribution is 0.0384. The van der Waals surface area contributed by atoms with Crippen molar-refractivity contribution in [3.8, 4) is 0 Å². The Kier molecular flexibility index (Phi) is 6.16. The molecule has 0 aliphatic carbocycles. The van der Waals surface area contributed by atoms with Crippen LogP contribution in [0, 0.1) is 4.64 Å². The second-order valence-electron chi connectivity index (χ2n) is 4.13. The van der Waals surface area contributed by atoms with Gasteiger partial charge in [0.15, 0.2) is 0 Å². The molecule has 1 aromatic rings. The fourth-order valence-electron chi connectivity index (χ4n) is 1.60. The number of unbranched alkanes of at least 4 members (excludes halogenated alkanes) is 3. The van der Waals surface area contributed by atoms with Gasteiger partial charge in [-0.3, -0.25) is 0 Å². The summed E-state index contributed by atoms with van der Waals surface area (Å²) < 4.78 is 2.41. The molecule has 0 saturated carbocycles. The van der Waals surface area contributed by atoms with Crippen molar-refractivity contribution in [2.75, 3.05) is 0 Å². The van der Waals surface area contributed by atoms with Gasteiger partial charge >= 0.3 is 0 Å². The van der Waals surface area contributed by atoms with Crippen LogP contribution in [0.2, 0.25) is 0 Å². The first-order chi connectivity index (χ1) is 7.74. The zero-order chi connectivity index (χ0) is 11.8. The molecule has 0 aliphatic rings. The lowest BCUT2D eigenvalue weighted by atomic mass is 10.1. The van der Waals surface area contributed by atoms with Gasteiger partial charge in [0.05, 0.1) is 0 Å². The molecule has 1 heterocycles. The van der Waals surface area contributed by atoms with Crippen molar-refractivity contribution in [1.82, 2.24) is 4.73 Å². The van der Waals surface area contributed by atoms with Crippen LogP contribution in [-0.4, -0.2) is 10.8 Å². The van der Waals surface area contributed by atoms with E-state index in [1.54, 1.807) is 4.73 Å². The predicted octanol–water partition coefficient (Wildman–Crippen LogP) is 4.01. The molecule has 1 aromatic heterocycles. The van der Waals surface area contributed by atoms with Crippen molar-refractivity contribution in [2.24, 2.45) is 0 Å². The quantitative estimate of drug-likeness (QED) is 0.527. The largest absolute Gasteiger partial charge is 0.410 e. The number of rotatable bonds is 7. The van der Waals surface area contributed by atoms with Crippen molar-refractivity contribution in [2.45, 2.75) is 52.1 Å². The normalized spacial score (nSPS) is 12.4. The van der Waals surface area contributed by atoms with E-state index in [2.05, 4.69) is 13.8 Å². The first kappa shape index (κ1) is 13.2. The highest BCUT2D eigenvalue weighted by atomic mass is 32.1. The average Bonchev–Trinajstić information content (AvgIpc) is 2.28. The highest BCUT2D eigenvalue weighted by molar-refractivity contribution is 7.71. The Morgan fingerprint density at radius 3 is 2.81 bits per heavy atom. The minimum absolute atomic E-state index is 0.228. The van der Waals surface area contributed by atoms with Gasteiger partial charge in [-0.1, -0.05) is 44.5 Å². The third-order valence-electron chi connectivity index (χ3n) is 2.55. The third-order valence-corrected chi connectivity index (χ3v) is 2.86. The molecule has 0 unspecified atom stereocenters. The molecule has 0 aliphatic heterocycles. The van der Waals surface area contributed by atoms with Crippen molar-refractivity contribution >= 4 is 12.2 Å². The summed E-state index contributed by atoms with van der Waals surface area (Å²) in [5.41, 5.74) is 0. The second-order valence-corrected chi connectivity index (χ2v) is 4.55. The van der Waals surface area contributed by atoms with Gasteiger partial charge in [0.2, 0.25) is 0 Å². The zero-order valence-electron chi connectivity index (χ0n) is 10.2. The maximum Gasteiger partial charge on any atom is 0.142 e. The van der Waals surface area contributed by atoms with Gasteiger partial charge < -0.3 is 4.84 Å². The first-order valence-electron chi connectivity index (χ1n) is 6.09. The highest BCUT2D eigenvalue weighted by Gasteiger charge is 2.03. The minimum atomic E-state index is 0.228. The molecule has 3 heteroatoms. The molecule has 0 amide bonds. The fraction of sp³-hybridized carbons (Fsp3) is 0.615. The molecular weight excluding hydrogens is 218 g/mol. The Bertz CT molecular complexity index is 348. The molecule has 0 fully saturated rings. The molecule has 16 heavy (non-hydrogen) atoms. The van der Waals surface area contributed by atoms with E-state index >= 15 is 0 Å². The van der Waals surface area contributed by atoms with Crippen molar-refractivity contribution in [3.05, 3.63) is 29.0 Å². The molecule has 1 atom stereocenters. The Hall–Kier alpha value is -0.830. The Balaban J connectivity index is 2.31. The van der Waals surface area contributed by atoms with Crippen LogP contribution in [0.1, 0.15) is 46.0 Å². The number of hydrogen-bond donors (Lipinski definition) is 0. The van der Waals surface area contributed by atoms with Crippen molar-refractivity contribution in [3.63, 3.8) is 0 Å². The Labute approximate surface area is 103 Å². The summed E-state index contributed by atoms with van der Waals surface area (Å²) in [6.45, 7) is 4.32. The van der Waals surface area contributed by atoms with Crippen LogP contribution in [0.3, 0.4) is 0 Å². The summed E-state index contributed by atoms with van der Waals surface area (Å²) in [5, 5.41) is 0. The SMILES string of the molecule is CCCCCC[C@@H](C)On1ccccc1=S. The van der Waals surface area contributed by atoms with Crippen LogP contribution in [0.5, 0.6) is 0 Å². The number of pyridine rings is 1. The molecule has 1 rings (SSSR count). The van der Waals surface area contributed by atoms with E-state index < -0.39 is 0 Å². The highest BCUT2D eigenvalue weighted by Crippen LogP contribution is 2.06.